The smallest absolute Gasteiger partial charge is 0.123 e. The molecule has 3 unspecified atom stereocenters. The number of hydrogen-bond acceptors (Lipinski definition) is 5. The fourth-order valence-electron chi connectivity index (χ4n) is 3.76. The van der Waals surface area contributed by atoms with Crippen molar-refractivity contribution < 1.29 is 19.3 Å². The van der Waals surface area contributed by atoms with Gasteiger partial charge >= 0.3 is 0 Å². The quantitative estimate of drug-likeness (QED) is 0.277. The number of aliphatic hydroxyl groups excluding tert-OH is 2. The molecule has 5 nitrogen and oxygen atoms in total. The van der Waals surface area contributed by atoms with Gasteiger partial charge < -0.3 is 20.7 Å². The SMILES string of the molecule is CC1CCC(C(O)c2ccc(F)cc2)O1.CC=N/C(C)=C(C(/C)=C\CCC)\C(N)=C(/C)CC.CO. The Labute approximate surface area is 212 Å². The van der Waals surface area contributed by atoms with Gasteiger partial charge in [0.2, 0.25) is 0 Å². The number of nitrogens with zero attached hydrogens (tertiary/aromatic N) is 1. The molecule has 0 aromatic heterocycles. The fraction of sp³-hybridized carbons (Fsp3) is 0.552. The van der Waals surface area contributed by atoms with E-state index in [1.807, 2.05) is 27.0 Å². The van der Waals surface area contributed by atoms with Crippen molar-refractivity contribution in [2.45, 2.75) is 98.9 Å². The van der Waals surface area contributed by atoms with Crippen molar-refractivity contribution >= 4 is 6.21 Å². The minimum absolute atomic E-state index is 0.148. The molecule has 0 aliphatic carbocycles. The molecule has 0 radical (unpaired) electrons. The lowest BCUT2D eigenvalue weighted by molar-refractivity contribution is -0.0297. The van der Waals surface area contributed by atoms with E-state index in [0.29, 0.717) is 0 Å². The first-order chi connectivity index (χ1) is 16.7. The van der Waals surface area contributed by atoms with Crippen molar-refractivity contribution in [3.05, 3.63) is 69.8 Å². The van der Waals surface area contributed by atoms with Crippen LogP contribution in [0.25, 0.3) is 0 Å². The molecule has 1 aromatic carbocycles. The third-order valence-corrected chi connectivity index (χ3v) is 5.91. The van der Waals surface area contributed by atoms with E-state index in [1.54, 1.807) is 12.1 Å². The third kappa shape index (κ3) is 11.3. The Kier molecular flexibility index (Phi) is 16.9. The summed E-state index contributed by atoms with van der Waals surface area (Å²) < 4.78 is 18.2. The second-order valence-electron chi connectivity index (χ2n) is 8.63. The van der Waals surface area contributed by atoms with Crippen LogP contribution in [0.5, 0.6) is 0 Å². The molecule has 35 heavy (non-hydrogen) atoms. The van der Waals surface area contributed by atoms with Crippen molar-refractivity contribution in [3.8, 4) is 0 Å². The molecule has 198 valence electrons. The van der Waals surface area contributed by atoms with Crippen molar-refractivity contribution in [2.75, 3.05) is 7.11 Å². The van der Waals surface area contributed by atoms with Gasteiger partial charge in [-0.25, -0.2) is 4.39 Å². The van der Waals surface area contributed by atoms with Gasteiger partial charge in [0.1, 0.15) is 11.9 Å². The number of aliphatic hydroxyl groups is 2. The van der Waals surface area contributed by atoms with Crippen LogP contribution in [-0.2, 0) is 4.74 Å². The van der Waals surface area contributed by atoms with Gasteiger partial charge in [0.15, 0.2) is 0 Å². The first-order valence-corrected chi connectivity index (χ1v) is 12.5. The summed E-state index contributed by atoms with van der Waals surface area (Å²) >= 11 is 0. The molecule has 3 atom stereocenters. The molecule has 2 rings (SSSR count). The zero-order chi connectivity index (χ0) is 27.0. The number of hydrogen-bond donors (Lipinski definition) is 3. The molecular weight excluding hydrogens is 443 g/mol. The average Bonchev–Trinajstić information content (AvgIpc) is 3.30. The number of aliphatic imine (C=N–C) groups is 1. The lowest BCUT2D eigenvalue weighted by Crippen LogP contribution is -2.18. The van der Waals surface area contributed by atoms with E-state index in [1.165, 1.54) is 23.3 Å². The van der Waals surface area contributed by atoms with Crippen molar-refractivity contribution in [2.24, 2.45) is 10.7 Å². The Morgan fingerprint density at radius 2 is 1.77 bits per heavy atom. The second-order valence-corrected chi connectivity index (χ2v) is 8.63. The normalized spacial score (nSPS) is 20.3. The molecule has 0 saturated carbocycles. The maximum Gasteiger partial charge on any atom is 0.123 e. The van der Waals surface area contributed by atoms with E-state index in [2.05, 4.69) is 38.8 Å². The summed E-state index contributed by atoms with van der Waals surface area (Å²) in [6.45, 7) is 14.5. The highest BCUT2D eigenvalue weighted by atomic mass is 19.1. The van der Waals surface area contributed by atoms with Crippen LogP contribution < -0.4 is 5.73 Å². The van der Waals surface area contributed by atoms with Crippen molar-refractivity contribution in [1.29, 1.82) is 0 Å². The van der Waals surface area contributed by atoms with Gasteiger partial charge in [-0.05, 0) is 89.1 Å². The van der Waals surface area contributed by atoms with Crippen LogP contribution in [0, 0.1) is 5.82 Å². The molecular formula is C29H47FN2O3. The van der Waals surface area contributed by atoms with Crippen LogP contribution >= 0.6 is 0 Å². The molecule has 6 heteroatoms. The minimum atomic E-state index is -0.643. The first-order valence-electron chi connectivity index (χ1n) is 12.5. The lowest BCUT2D eigenvalue weighted by Gasteiger charge is -2.18. The van der Waals surface area contributed by atoms with Crippen LogP contribution in [0.2, 0.25) is 0 Å². The number of unbranched alkanes of at least 4 members (excludes halogenated alkanes) is 1. The predicted molar refractivity (Wildman–Crippen MR) is 146 cm³/mol. The summed E-state index contributed by atoms with van der Waals surface area (Å²) in [7, 11) is 1.00. The Morgan fingerprint density at radius 3 is 2.23 bits per heavy atom. The summed E-state index contributed by atoms with van der Waals surface area (Å²) in [5, 5.41) is 17.0. The molecule has 4 N–H and O–H groups in total. The van der Waals surface area contributed by atoms with Crippen LogP contribution in [0.3, 0.4) is 0 Å². The van der Waals surface area contributed by atoms with E-state index < -0.39 is 6.10 Å². The van der Waals surface area contributed by atoms with Crippen LogP contribution in [0.15, 0.2) is 63.4 Å². The number of nitrogens with two attached hydrogens (primary N) is 1. The number of halogens is 1. The zero-order valence-corrected chi connectivity index (χ0v) is 22.9. The molecule has 1 aliphatic rings. The summed E-state index contributed by atoms with van der Waals surface area (Å²) in [6, 6.07) is 5.92. The monoisotopic (exact) mass is 490 g/mol. The fourth-order valence-corrected chi connectivity index (χ4v) is 3.76. The molecule has 1 heterocycles. The molecule has 1 saturated heterocycles. The molecule has 0 amide bonds. The number of benzene rings is 1. The van der Waals surface area contributed by atoms with E-state index >= 15 is 0 Å². The summed E-state index contributed by atoms with van der Waals surface area (Å²) in [5.74, 6) is -0.286. The molecule has 1 fully saturated rings. The summed E-state index contributed by atoms with van der Waals surface area (Å²) in [6.07, 6.45) is 8.53. The van der Waals surface area contributed by atoms with Crippen LogP contribution in [0.1, 0.15) is 92.2 Å². The molecule has 1 aromatic rings. The predicted octanol–water partition coefficient (Wildman–Crippen LogP) is 6.78. The highest BCUT2D eigenvalue weighted by Gasteiger charge is 2.29. The number of rotatable bonds is 8. The van der Waals surface area contributed by atoms with Gasteiger partial charge in [-0.2, -0.15) is 0 Å². The maximum atomic E-state index is 12.7. The zero-order valence-electron chi connectivity index (χ0n) is 22.9. The van der Waals surface area contributed by atoms with E-state index in [-0.39, 0.29) is 18.0 Å². The number of allylic oxidation sites excluding steroid dienone is 4. The topological polar surface area (TPSA) is 88.1 Å². The molecule has 0 spiro atoms. The molecule has 1 aliphatic heterocycles. The van der Waals surface area contributed by atoms with E-state index in [0.717, 1.165) is 61.7 Å². The average molecular weight is 491 g/mol. The van der Waals surface area contributed by atoms with E-state index in [9.17, 15) is 9.50 Å². The van der Waals surface area contributed by atoms with Crippen LogP contribution in [-0.4, -0.2) is 35.7 Å². The van der Waals surface area contributed by atoms with Crippen molar-refractivity contribution in [3.63, 3.8) is 0 Å². The Morgan fingerprint density at radius 1 is 1.17 bits per heavy atom. The van der Waals surface area contributed by atoms with Crippen LogP contribution in [0.4, 0.5) is 4.39 Å². The Balaban J connectivity index is 0.000000622. The van der Waals surface area contributed by atoms with Gasteiger partial charge in [-0.15, -0.1) is 0 Å². The van der Waals surface area contributed by atoms with Gasteiger partial charge in [0.05, 0.1) is 12.2 Å². The van der Waals surface area contributed by atoms with E-state index in [4.69, 9.17) is 15.6 Å². The molecule has 0 bridgehead atoms. The number of ether oxygens (including phenoxy) is 1. The first kappa shape index (κ1) is 32.7. The highest BCUT2D eigenvalue weighted by Crippen LogP contribution is 2.30. The minimum Gasteiger partial charge on any atom is -0.400 e. The summed E-state index contributed by atoms with van der Waals surface area (Å²) in [5.41, 5.74) is 12.4. The third-order valence-electron chi connectivity index (χ3n) is 5.91. The van der Waals surface area contributed by atoms with Crippen molar-refractivity contribution in [1.82, 2.24) is 0 Å². The summed E-state index contributed by atoms with van der Waals surface area (Å²) in [4.78, 5) is 4.39. The Hall–Kier alpha value is -2.28. The van der Waals surface area contributed by atoms with Gasteiger partial charge in [-0.1, -0.05) is 38.5 Å². The van der Waals surface area contributed by atoms with Gasteiger partial charge in [-0.3, -0.25) is 4.99 Å². The Bertz CT molecular complexity index is 857. The largest absolute Gasteiger partial charge is 0.400 e. The second kappa shape index (κ2) is 18.1. The maximum absolute atomic E-state index is 12.7. The lowest BCUT2D eigenvalue weighted by atomic mass is 9.97. The van der Waals surface area contributed by atoms with Gasteiger partial charge in [0, 0.05) is 30.3 Å². The standard InChI is InChI=1S/C16H28N2.C12H15FO2.CH4O/c1-7-10-11-13(5)15(14(6)18-9-3)16(17)12(4)8-2;1-8-2-7-11(15-8)12(14)9-3-5-10(13)6-4-9;1-2/h9,11H,7-8,10,17H2,1-6H3;3-6,8,11-12,14H,2,7H2,1H3;2H,1H3/b13-11-,15-14-,16-12-,18-9?;;. The van der Waals surface area contributed by atoms with Gasteiger partial charge in [0.25, 0.3) is 0 Å². The highest BCUT2D eigenvalue weighted by molar-refractivity contribution is 5.58.